The van der Waals surface area contributed by atoms with Crippen molar-refractivity contribution >= 4 is 23.7 Å². The van der Waals surface area contributed by atoms with Gasteiger partial charge in [0.25, 0.3) is 5.91 Å². The maximum absolute atomic E-state index is 12.9. The van der Waals surface area contributed by atoms with E-state index >= 15 is 0 Å². The molecule has 0 aromatic heterocycles. The van der Waals surface area contributed by atoms with Gasteiger partial charge in [0.05, 0.1) is 33.0 Å². The number of hydrogen-bond acceptors (Lipinski definition) is 9. The summed E-state index contributed by atoms with van der Waals surface area (Å²) in [4.78, 5) is 37.7. The molecule has 0 saturated carbocycles. The molecule has 2 unspecified atom stereocenters. The summed E-state index contributed by atoms with van der Waals surface area (Å²) in [6, 6.07) is 6.77. The molecule has 2 N–H and O–H groups in total. The second-order valence-electron chi connectivity index (χ2n) is 8.13. The fraction of sp³-hybridized carbons (Fsp3) is 0.320. The average Bonchev–Trinajstić information content (AvgIpc) is 3.41. The summed E-state index contributed by atoms with van der Waals surface area (Å²) >= 11 is 0. The summed E-state index contributed by atoms with van der Waals surface area (Å²) in [5, 5.41) is 19.0. The molecule has 36 heavy (non-hydrogen) atoms. The fourth-order valence-electron chi connectivity index (χ4n) is 4.14. The van der Waals surface area contributed by atoms with Crippen LogP contribution in [0.3, 0.4) is 0 Å². The highest BCUT2D eigenvalue weighted by molar-refractivity contribution is 6.14. The monoisotopic (exact) mass is 499 g/mol. The van der Waals surface area contributed by atoms with Crippen molar-refractivity contribution in [1.82, 2.24) is 4.90 Å². The van der Waals surface area contributed by atoms with E-state index in [1.54, 1.807) is 18.2 Å². The number of likely N-dealkylation sites (tertiary alicyclic amines) is 1. The highest BCUT2D eigenvalue weighted by atomic mass is 16.5. The molecule has 2 aromatic rings. The van der Waals surface area contributed by atoms with E-state index in [-0.39, 0.29) is 36.0 Å². The minimum atomic E-state index is -1.18. The largest absolute Gasteiger partial charge is 0.493 e. The van der Waals surface area contributed by atoms with Crippen LogP contribution >= 0.6 is 0 Å². The smallest absolute Gasteiger partial charge is 0.326 e. The number of ketones is 1. The Bertz CT molecular complexity index is 1210. The molecule has 190 valence electrons. The number of rotatable bonds is 8. The molecule has 0 aliphatic carbocycles. The predicted octanol–water partition coefficient (Wildman–Crippen LogP) is 1.75. The molecule has 0 bridgehead atoms. The van der Waals surface area contributed by atoms with E-state index in [9.17, 15) is 24.6 Å². The lowest BCUT2D eigenvalue weighted by atomic mass is 10.1. The quantitative estimate of drug-likeness (QED) is 0.516. The van der Waals surface area contributed by atoms with Crippen LogP contribution < -0.4 is 23.7 Å². The van der Waals surface area contributed by atoms with Gasteiger partial charge in [-0.1, -0.05) is 0 Å². The number of aliphatic hydroxyl groups is 1. The molecular formula is C25H25NO10. The van der Waals surface area contributed by atoms with E-state index < -0.39 is 30.6 Å². The van der Waals surface area contributed by atoms with E-state index in [0.29, 0.717) is 28.4 Å². The van der Waals surface area contributed by atoms with Gasteiger partial charge in [0.15, 0.2) is 23.9 Å². The summed E-state index contributed by atoms with van der Waals surface area (Å²) < 4.78 is 27.3. The third-order valence-corrected chi connectivity index (χ3v) is 5.87. The van der Waals surface area contributed by atoms with E-state index in [2.05, 4.69) is 0 Å². The number of Topliss-reactive ketones (excluding diaryl/α,β-unsaturated/α-hetero) is 1. The van der Waals surface area contributed by atoms with Crippen molar-refractivity contribution in [3.8, 4) is 28.7 Å². The van der Waals surface area contributed by atoms with Crippen LogP contribution in [0.2, 0.25) is 0 Å². The Morgan fingerprint density at radius 3 is 2.42 bits per heavy atom. The van der Waals surface area contributed by atoms with Crippen molar-refractivity contribution in [2.45, 2.75) is 18.6 Å². The zero-order valence-electron chi connectivity index (χ0n) is 19.8. The van der Waals surface area contributed by atoms with Gasteiger partial charge in [-0.2, -0.15) is 0 Å². The number of allylic oxidation sites excluding steroid dienone is 1. The minimum Gasteiger partial charge on any atom is -0.493 e. The number of nitrogens with zero attached hydrogens (tertiary/aromatic N) is 1. The SMILES string of the molecule is COc1cc(C=C2Oc3cc(OCC(=O)N4CC(O)CC4C(=O)O)ccc3C2=O)cc(OC)c1OC. The number of amides is 1. The van der Waals surface area contributed by atoms with Gasteiger partial charge in [-0.25, -0.2) is 4.79 Å². The maximum Gasteiger partial charge on any atom is 0.326 e. The number of β-amino-alcohol motifs (C(OH)–C–C–N with tert-alkyl or cyclic N) is 1. The lowest BCUT2D eigenvalue weighted by Crippen LogP contribution is -2.42. The van der Waals surface area contributed by atoms with E-state index in [4.69, 9.17) is 23.7 Å². The summed E-state index contributed by atoms with van der Waals surface area (Å²) in [5.74, 6) is -0.252. The number of carboxylic acids is 1. The van der Waals surface area contributed by atoms with Crippen LogP contribution in [-0.2, 0) is 9.59 Å². The average molecular weight is 499 g/mol. The summed E-state index contributed by atoms with van der Waals surface area (Å²) in [5.41, 5.74) is 0.907. The van der Waals surface area contributed by atoms with Crippen LogP contribution in [0.25, 0.3) is 6.08 Å². The van der Waals surface area contributed by atoms with E-state index in [0.717, 1.165) is 4.90 Å². The molecule has 0 spiro atoms. The van der Waals surface area contributed by atoms with Gasteiger partial charge in [-0.15, -0.1) is 0 Å². The first kappa shape index (κ1) is 24.9. The number of hydrogen-bond donors (Lipinski definition) is 2. The molecular weight excluding hydrogens is 474 g/mol. The summed E-state index contributed by atoms with van der Waals surface area (Å²) in [6.07, 6.45) is 0.615. The molecule has 4 rings (SSSR count). The third-order valence-electron chi connectivity index (χ3n) is 5.87. The van der Waals surface area contributed by atoms with E-state index in [1.807, 2.05) is 0 Å². The Kier molecular flexibility index (Phi) is 7.02. The number of fused-ring (bicyclic) bond motifs is 1. The number of carboxylic acid groups (broad SMARTS) is 1. The van der Waals surface area contributed by atoms with Crippen molar-refractivity contribution in [3.63, 3.8) is 0 Å². The summed E-state index contributed by atoms with van der Waals surface area (Å²) in [6.45, 7) is -0.507. The third kappa shape index (κ3) is 4.78. The van der Waals surface area contributed by atoms with Gasteiger partial charge in [-0.3, -0.25) is 9.59 Å². The number of benzene rings is 2. The molecule has 0 radical (unpaired) electrons. The van der Waals surface area contributed by atoms with Crippen LogP contribution in [0.5, 0.6) is 28.7 Å². The Morgan fingerprint density at radius 1 is 1.11 bits per heavy atom. The van der Waals surface area contributed by atoms with Crippen LogP contribution in [0.1, 0.15) is 22.3 Å². The Balaban J connectivity index is 1.49. The van der Waals surface area contributed by atoms with Gasteiger partial charge < -0.3 is 38.8 Å². The first-order valence-corrected chi connectivity index (χ1v) is 11.0. The van der Waals surface area contributed by atoms with Gasteiger partial charge in [0, 0.05) is 19.0 Å². The molecule has 1 saturated heterocycles. The van der Waals surface area contributed by atoms with Crippen LogP contribution in [0, 0.1) is 0 Å². The number of ether oxygens (including phenoxy) is 5. The molecule has 1 fully saturated rings. The fourth-order valence-corrected chi connectivity index (χ4v) is 4.14. The van der Waals surface area contributed by atoms with Gasteiger partial charge in [0.2, 0.25) is 11.5 Å². The van der Waals surface area contributed by atoms with Gasteiger partial charge >= 0.3 is 5.97 Å². The van der Waals surface area contributed by atoms with Crippen molar-refractivity contribution in [2.24, 2.45) is 0 Å². The van der Waals surface area contributed by atoms with Gasteiger partial charge in [0.1, 0.15) is 17.5 Å². The number of carbonyl (C=O) groups is 3. The molecule has 2 atom stereocenters. The lowest BCUT2D eigenvalue weighted by Gasteiger charge is -2.21. The van der Waals surface area contributed by atoms with Crippen LogP contribution in [0.15, 0.2) is 36.1 Å². The molecule has 1 amide bonds. The second kappa shape index (κ2) is 10.2. The molecule has 2 aromatic carbocycles. The first-order chi connectivity index (χ1) is 17.2. The Morgan fingerprint density at radius 2 is 1.81 bits per heavy atom. The second-order valence-corrected chi connectivity index (χ2v) is 8.13. The highest BCUT2D eigenvalue weighted by Gasteiger charge is 2.39. The van der Waals surface area contributed by atoms with Crippen molar-refractivity contribution in [2.75, 3.05) is 34.5 Å². The molecule has 11 heteroatoms. The van der Waals surface area contributed by atoms with Crippen molar-refractivity contribution in [3.05, 3.63) is 47.2 Å². The standard InChI is InChI=1S/C25H25NO10/c1-32-20-7-13(8-21(33-2)24(20)34-3)6-19-23(29)16-5-4-15(10-18(16)36-19)35-12-22(28)26-11-14(27)9-17(26)25(30)31/h4-8,10,14,17,27H,9,11-12H2,1-3H3,(H,30,31). The normalized spacial score (nSPS) is 19.6. The van der Waals surface area contributed by atoms with Crippen molar-refractivity contribution < 1.29 is 48.3 Å². The van der Waals surface area contributed by atoms with Gasteiger partial charge in [-0.05, 0) is 35.9 Å². The predicted molar refractivity (Wildman–Crippen MR) is 125 cm³/mol. The Hall–Kier alpha value is -4.25. The zero-order chi connectivity index (χ0) is 26.0. The highest BCUT2D eigenvalue weighted by Crippen LogP contribution is 2.40. The lowest BCUT2D eigenvalue weighted by molar-refractivity contribution is -0.148. The number of carbonyl (C=O) groups excluding carboxylic acids is 2. The molecule has 11 nitrogen and oxygen atoms in total. The minimum absolute atomic E-state index is 0.0308. The van der Waals surface area contributed by atoms with Crippen LogP contribution in [0.4, 0.5) is 0 Å². The van der Waals surface area contributed by atoms with Crippen molar-refractivity contribution in [1.29, 1.82) is 0 Å². The molecule has 2 heterocycles. The van der Waals surface area contributed by atoms with E-state index in [1.165, 1.54) is 39.5 Å². The number of aliphatic hydroxyl groups excluding tert-OH is 1. The molecule has 2 aliphatic rings. The maximum atomic E-state index is 12.9. The number of methoxy groups -OCH3 is 3. The van der Waals surface area contributed by atoms with Crippen LogP contribution in [-0.4, -0.2) is 79.4 Å². The zero-order valence-corrected chi connectivity index (χ0v) is 19.8. The first-order valence-electron chi connectivity index (χ1n) is 11.0. The molecule has 2 aliphatic heterocycles. The Labute approximate surface area is 206 Å². The summed E-state index contributed by atoms with van der Waals surface area (Å²) in [7, 11) is 4.47. The topological polar surface area (TPSA) is 141 Å². The number of aliphatic carboxylic acids is 1.